The molecule has 2 aromatic carbocycles. The number of carbonyl (C=O) groups excluding carboxylic acids is 1. The van der Waals surface area contributed by atoms with Crippen molar-refractivity contribution in [1.29, 1.82) is 0 Å². The van der Waals surface area contributed by atoms with E-state index in [-0.39, 0.29) is 17.1 Å². The summed E-state index contributed by atoms with van der Waals surface area (Å²) in [6.07, 6.45) is -1.82. The van der Waals surface area contributed by atoms with Gasteiger partial charge in [0.1, 0.15) is 11.5 Å². The fraction of sp³-hybridized carbons (Fsp3) is 0.0526. The number of pyridine rings is 1. The van der Waals surface area contributed by atoms with Gasteiger partial charge in [-0.3, -0.25) is 9.78 Å². The van der Waals surface area contributed by atoms with Crippen molar-refractivity contribution in [3.05, 3.63) is 72.6 Å². The van der Waals surface area contributed by atoms with Crippen molar-refractivity contribution in [2.45, 2.75) is 6.36 Å². The van der Waals surface area contributed by atoms with E-state index >= 15 is 0 Å². The molecule has 0 saturated carbocycles. The van der Waals surface area contributed by atoms with Crippen molar-refractivity contribution < 1.29 is 27.8 Å². The molecule has 3 aromatic rings. The average molecular weight is 374 g/mol. The molecule has 27 heavy (non-hydrogen) atoms. The smallest absolute Gasteiger partial charge is 0.508 e. The zero-order valence-electron chi connectivity index (χ0n) is 13.7. The first-order chi connectivity index (χ1) is 12.8. The highest BCUT2D eigenvalue weighted by atomic mass is 19.4. The first kappa shape index (κ1) is 18.2. The van der Waals surface area contributed by atoms with Crippen LogP contribution in [0.2, 0.25) is 0 Å². The second kappa shape index (κ2) is 7.36. The monoisotopic (exact) mass is 374 g/mol. The molecule has 0 spiro atoms. The first-order valence-electron chi connectivity index (χ1n) is 7.72. The lowest BCUT2D eigenvalue weighted by Crippen LogP contribution is -2.17. The molecule has 0 aliphatic heterocycles. The molecular formula is C19H13F3N2O3. The summed E-state index contributed by atoms with van der Waals surface area (Å²) < 4.78 is 40.3. The van der Waals surface area contributed by atoms with Crippen LogP contribution in [-0.2, 0) is 0 Å². The molecule has 0 fully saturated rings. The summed E-state index contributed by atoms with van der Waals surface area (Å²) in [7, 11) is 0. The van der Waals surface area contributed by atoms with Crippen molar-refractivity contribution in [1.82, 2.24) is 4.98 Å². The van der Waals surface area contributed by atoms with Gasteiger partial charge in [-0.25, -0.2) is 0 Å². The van der Waals surface area contributed by atoms with E-state index < -0.39 is 12.3 Å². The van der Waals surface area contributed by atoms with Gasteiger partial charge < -0.3 is 15.2 Å². The van der Waals surface area contributed by atoms with Crippen LogP contribution in [0.4, 0.5) is 18.9 Å². The summed E-state index contributed by atoms with van der Waals surface area (Å²) in [6, 6.07) is 12.9. The van der Waals surface area contributed by atoms with Gasteiger partial charge in [0, 0.05) is 23.6 Å². The quantitative estimate of drug-likeness (QED) is 0.700. The van der Waals surface area contributed by atoms with Gasteiger partial charge in [0.05, 0.1) is 5.56 Å². The lowest BCUT2D eigenvalue weighted by molar-refractivity contribution is -0.274. The molecule has 0 unspecified atom stereocenters. The predicted molar refractivity (Wildman–Crippen MR) is 92.4 cm³/mol. The van der Waals surface area contributed by atoms with Gasteiger partial charge in [-0.1, -0.05) is 12.1 Å². The molecule has 2 N–H and O–H groups in total. The number of phenolic OH excluding ortho intramolecular Hbond substituents is 1. The van der Waals surface area contributed by atoms with Crippen LogP contribution in [0.5, 0.6) is 11.5 Å². The van der Waals surface area contributed by atoms with E-state index in [4.69, 9.17) is 0 Å². The number of aromatic nitrogens is 1. The van der Waals surface area contributed by atoms with E-state index in [0.717, 1.165) is 17.7 Å². The first-order valence-corrected chi connectivity index (χ1v) is 7.72. The summed E-state index contributed by atoms with van der Waals surface area (Å²) >= 11 is 0. The van der Waals surface area contributed by atoms with Gasteiger partial charge >= 0.3 is 6.36 Å². The molecule has 3 rings (SSSR count). The molecule has 0 bridgehead atoms. The van der Waals surface area contributed by atoms with Crippen LogP contribution >= 0.6 is 0 Å². The molecule has 5 nitrogen and oxygen atoms in total. The molecule has 138 valence electrons. The van der Waals surface area contributed by atoms with Crippen LogP contribution in [0.3, 0.4) is 0 Å². The Labute approximate surface area is 152 Å². The van der Waals surface area contributed by atoms with Crippen molar-refractivity contribution in [3.63, 3.8) is 0 Å². The van der Waals surface area contributed by atoms with Crippen LogP contribution < -0.4 is 10.1 Å². The van der Waals surface area contributed by atoms with Gasteiger partial charge in [-0.05, 0) is 48.0 Å². The van der Waals surface area contributed by atoms with E-state index in [2.05, 4.69) is 15.0 Å². The standard InChI is InChI=1S/C19H13F3N2O3/c20-19(21,22)27-17-7-3-15(4-8-17)24-18(26)14-9-13(10-23-11-14)12-1-5-16(25)6-2-12/h1-11,25H,(H,24,26). The Morgan fingerprint density at radius 1 is 0.963 bits per heavy atom. The van der Waals surface area contributed by atoms with Crippen molar-refractivity contribution >= 4 is 11.6 Å². The summed E-state index contributed by atoms with van der Waals surface area (Å²) in [5, 5.41) is 11.9. The molecule has 1 amide bonds. The number of ether oxygens (including phenoxy) is 1. The lowest BCUT2D eigenvalue weighted by Gasteiger charge is -2.10. The third kappa shape index (κ3) is 4.97. The van der Waals surface area contributed by atoms with E-state index in [9.17, 15) is 23.1 Å². The number of nitrogens with one attached hydrogen (secondary N) is 1. The van der Waals surface area contributed by atoms with Gasteiger partial charge in [0.25, 0.3) is 5.91 Å². The third-order valence-electron chi connectivity index (χ3n) is 3.55. The number of hydrogen-bond acceptors (Lipinski definition) is 4. The number of alkyl halides is 3. The minimum Gasteiger partial charge on any atom is -0.508 e. The zero-order valence-corrected chi connectivity index (χ0v) is 13.7. The number of carbonyl (C=O) groups is 1. The van der Waals surface area contributed by atoms with Crippen LogP contribution in [-0.4, -0.2) is 22.4 Å². The molecule has 0 aliphatic rings. The molecule has 0 atom stereocenters. The van der Waals surface area contributed by atoms with E-state index in [1.165, 1.54) is 30.5 Å². The molecule has 0 radical (unpaired) electrons. The molecule has 0 saturated heterocycles. The Balaban J connectivity index is 1.73. The fourth-order valence-electron chi connectivity index (χ4n) is 2.32. The minimum absolute atomic E-state index is 0.124. The molecule has 0 aliphatic carbocycles. The predicted octanol–water partition coefficient (Wildman–Crippen LogP) is 4.61. The largest absolute Gasteiger partial charge is 0.573 e. The SMILES string of the molecule is O=C(Nc1ccc(OC(F)(F)F)cc1)c1cncc(-c2ccc(O)cc2)c1. The number of halogens is 3. The fourth-order valence-corrected chi connectivity index (χ4v) is 2.32. The molecular weight excluding hydrogens is 361 g/mol. The normalized spacial score (nSPS) is 11.1. The second-order valence-electron chi connectivity index (χ2n) is 5.54. The van der Waals surface area contributed by atoms with Crippen LogP contribution in [0, 0.1) is 0 Å². The number of benzene rings is 2. The highest BCUT2D eigenvalue weighted by molar-refractivity contribution is 6.04. The Morgan fingerprint density at radius 2 is 1.63 bits per heavy atom. The van der Waals surface area contributed by atoms with Gasteiger partial charge in [-0.2, -0.15) is 0 Å². The Hall–Kier alpha value is -3.55. The number of rotatable bonds is 4. The summed E-state index contributed by atoms with van der Waals surface area (Å²) in [4.78, 5) is 16.4. The number of anilines is 1. The maximum atomic E-state index is 12.4. The van der Waals surface area contributed by atoms with Gasteiger partial charge in [-0.15, -0.1) is 13.2 Å². The number of nitrogens with zero attached hydrogens (tertiary/aromatic N) is 1. The van der Waals surface area contributed by atoms with Gasteiger partial charge in [0.15, 0.2) is 0 Å². The maximum absolute atomic E-state index is 12.4. The number of phenols is 1. The van der Waals surface area contributed by atoms with Crippen molar-refractivity contribution in [3.8, 4) is 22.6 Å². The summed E-state index contributed by atoms with van der Waals surface area (Å²) in [5.74, 6) is -0.720. The zero-order chi connectivity index (χ0) is 19.4. The Morgan fingerprint density at radius 3 is 2.26 bits per heavy atom. The highest BCUT2D eigenvalue weighted by Crippen LogP contribution is 2.25. The van der Waals surface area contributed by atoms with E-state index in [1.54, 1.807) is 24.4 Å². The lowest BCUT2D eigenvalue weighted by atomic mass is 10.1. The summed E-state index contributed by atoms with van der Waals surface area (Å²) in [6.45, 7) is 0. The van der Waals surface area contributed by atoms with Crippen LogP contribution in [0.25, 0.3) is 11.1 Å². The topological polar surface area (TPSA) is 71.5 Å². The minimum atomic E-state index is -4.77. The molecule has 1 heterocycles. The van der Waals surface area contributed by atoms with E-state index in [1.807, 2.05) is 0 Å². The molecule has 8 heteroatoms. The third-order valence-corrected chi connectivity index (χ3v) is 3.55. The average Bonchev–Trinajstić information content (AvgIpc) is 2.63. The number of aromatic hydroxyl groups is 1. The number of hydrogen-bond donors (Lipinski definition) is 2. The molecule has 1 aromatic heterocycles. The Bertz CT molecular complexity index is 940. The highest BCUT2D eigenvalue weighted by Gasteiger charge is 2.30. The number of amides is 1. The second-order valence-corrected chi connectivity index (χ2v) is 5.54. The van der Waals surface area contributed by atoms with E-state index in [0.29, 0.717) is 11.3 Å². The summed E-state index contributed by atoms with van der Waals surface area (Å²) in [5.41, 5.74) is 2.03. The maximum Gasteiger partial charge on any atom is 0.573 e. The van der Waals surface area contributed by atoms with Crippen molar-refractivity contribution in [2.75, 3.05) is 5.32 Å². The van der Waals surface area contributed by atoms with Gasteiger partial charge in [0.2, 0.25) is 0 Å². The van der Waals surface area contributed by atoms with Crippen molar-refractivity contribution in [2.24, 2.45) is 0 Å². The van der Waals surface area contributed by atoms with Crippen LogP contribution in [0.15, 0.2) is 67.0 Å². The van der Waals surface area contributed by atoms with Crippen LogP contribution in [0.1, 0.15) is 10.4 Å². The Kier molecular flexibility index (Phi) is 4.98.